The highest BCUT2D eigenvalue weighted by Gasteiger charge is 2.36. The summed E-state index contributed by atoms with van der Waals surface area (Å²) < 4.78 is 12.3. The Labute approximate surface area is 189 Å². The minimum atomic E-state index is 0.0388. The van der Waals surface area contributed by atoms with Crippen LogP contribution in [0.2, 0.25) is 0 Å². The van der Waals surface area contributed by atoms with Gasteiger partial charge in [-0.05, 0) is 31.0 Å². The maximum atomic E-state index is 13.5. The van der Waals surface area contributed by atoms with Crippen LogP contribution in [-0.2, 0) is 11.3 Å². The molecule has 1 aromatic heterocycles. The Morgan fingerprint density at radius 3 is 2.58 bits per heavy atom. The Balaban J connectivity index is 1.52. The van der Waals surface area contributed by atoms with Gasteiger partial charge in [-0.2, -0.15) is 0 Å². The van der Waals surface area contributed by atoms with Crippen LogP contribution in [0.3, 0.4) is 0 Å². The molecule has 2 aromatic carbocycles. The van der Waals surface area contributed by atoms with E-state index in [9.17, 15) is 4.79 Å². The van der Waals surface area contributed by atoms with Gasteiger partial charge in [-0.15, -0.1) is 0 Å². The third-order valence-electron chi connectivity index (χ3n) is 5.76. The van der Waals surface area contributed by atoms with Crippen LogP contribution >= 0.6 is 15.9 Å². The van der Waals surface area contributed by atoms with Crippen molar-refractivity contribution in [1.29, 1.82) is 0 Å². The van der Waals surface area contributed by atoms with Crippen molar-refractivity contribution in [3.63, 3.8) is 0 Å². The zero-order chi connectivity index (χ0) is 21.2. The highest BCUT2D eigenvalue weighted by molar-refractivity contribution is 9.10. The van der Waals surface area contributed by atoms with Gasteiger partial charge in [0, 0.05) is 34.7 Å². The molecule has 7 heteroatoms. The highest BCUT2D eigenvalue weighted by atomic mass is 79.9. The number of ether oxygens (including phenoxy) is 1. The van der Waals surface area contributed by atoms with Gasteiger partial charge in [0.05, 0.1) is 25.3 Å². The molecule has 2 fully saturated rings. The molecule has 0 atom stereocenters. The lowest BCUT2D eigenvalue weighted by atomic mass is 10.1. The van der Waals surface area contributed by atoms with E-state index in [0.29, 0.717) is 25.3 Å². The number of anilines is 1. The molecule has 1 aliphatic heterocycles. The van der Waals surface area contributed by atoms with E-state index in [0.717, 1.165) is 53.1 Å². The van der Waals surface area contributed by atoms with Crippen molar-refractivity contribution >= 4 is 27.7 Å². The maximum Gasteiger partial charge on any atom is 0.254 e. The predicted octanol–water partition coefficient (Wildman–Crippen LogP) is 4.75. The van der Waals surface area contributed by atoms with Crippen LogP contribution in [0.15, 0.2) is 63.6 Å². The Morgan fingerprint density at radius 1 is 1.10 bits per heavy atom. The van der Waals surface area contributed by atoms with Crippen molar-refractivity contribution in [2.75, 3.05) is 31.2 Å². The molecule has 1 aliphatic carbocycles. The second-order valence-electron chi connectivity index (χ2n) is 7.95. The summed E-state index contributed by atoms with van der Waals surface area (Å²) in [6, 6.07) is 17.9. The van der Waals surface area contributed by atoms with Crippen molar-refractivity contribution in [2.45, 2.75) is 25.4 Å². The first-order chi connectivity index (χ1) is 15.2. The SMILES string of the molecule is O=C(c1cccc(Br)c1)N(Cc1c(-c2ccccc2)noc1N1CCOCC1)C1CC1. The number of halogens is 1. The van der Waals surface area contributed by atoms with Gasteiger partial charge in [-0.1, -0.05) is 57.5 Å². The fourth-order valence-corrected chi connectivity index (χ4v) is 4.39. The quantitative estimate of drug-likeness (QED) is 0.508. The molecule has 0 N–H and O–H groups in total. The van der Waals surface area contributed by atoms with Gasteiger partial charge in [0.2, 0.25) is 5.88 Å². The van der Waals surface area contributed by atoms with Crippen LogP contribution in [-0.4, -0.2) is 48.3 Å². The molecule has 0 unspecified atom stereocenters. The zero-order valence-corrected chi connectivity index (χ0v) is 18.8. The van der Waals surface area contributed by atoms with Gasteiger partial charge in [-0.3, -0.25) is 4.79 Å². The van der Waals surface area contributed by atoms with E-state index in [2.05, 4.69) is 26.0 Å². The first-order valence-corrected chi connectivity index (χ1v) is 11.4. The summed E-state index contributed by atoms with van der Waals surface area (Å²) in [5.41, 5.74) is 3.44. The van der Waals surface area contributed by atoms with Gasteiger partial charge >= 0.3 is 0 Å². The molecular formula is C24H24BrN3O3. The van der Waals surface area contributed by atoms with E-state index in [-0.39, 0.29) is 11.9 Å². The fraction of sp³-hybridized carbons (Fsp3) is 0.333. The molecule has 6 nitrogen and oxygen atoms in total. The number of aromatic nitrogens is 1. The van der Waals surface area contributed by atoms with Crippen LogP contribution in [0.1, 0.15) is 28.8 Å². The molecule has 2 aliphatic rings. The molecule has 31 heavy (non-hydrogen) atoms. The Hall–Kier alpha value is -2.64. The van der Waals surface area contributed by atoms with Crippen molar-refractivity contribution in [2.24, 2.45) is 0 Å². The monoisotopic (exact) mass is 481 g/mol. The second-order valence-corrected chi connectivity index (χ2v) is 8.87. The molecular weight excluding hydrogens is 458 g/mol. The number of hydrogen-bond donors (Lipinski definition) is 0. The zero-order valence-electron chi connectivity index (χ0n) is 17.2. The Morgan fingerprint density at radius 2 is 1.87 bits per heavy atom. The smallest absolute Gasteiger partial charge is 0.254 e. The van der Waals surface area contributed by atoms with E-state index in [1.807, 2.05) is 59.5 Å². The maximum absolute atomic E-state index is 13.5. The largest absolute Gasteiger partial charge is 0.378 e. The molecule has 160 valence electrons. The summed E-state index contributed by atoms with van der Waals surface area (Å²) in [5.74, 6) is 0.784. The molecule has 1 saturated heterocycles. The predicted molar refractivity (Wildman–Crippen MR) is 122 cm³/mol. The molecule has 1 amide bonds. The van der Waals surface area contributed by atoms with E-state index >= 15 is 0 Å². The lowest BCUT2D eigenvalue weighted by molar-refractivity contribution is 0.0729. The summed E-state index contributed by atoms with van der Waals surface area (Å²) in [6.45, 7) is 3.28. The summed E-state index contributed by atoms with van der Waals surface area (Å²) in [6.07, 6.45) is 2.05. The van der Waals surface area contributed by atoms with E-state index in [1.165, 1.54) is 0 Å². The highest BCUT2D eigenvalue weighted by Crippen LogP contribution is 2.37. The average Bonchev–Trinajstić information content (AvgIpc) is 3.57. The lowest BCUT2D eigenvalue weighted by Gasteiger charge is -2.28. The number of amides is 1. The van der Waals surface area contributed by atoms with Gasteiger partial charge in [0.1, 0.15) is 5.69 Å². The van der Waals surface area contributed by atoms with Crippen LogP contribution in [0.25, 0.3) is 11.3 Å². The molecule has 0 spiro atoms. The topological polar surface area (TPSA) is 58.8 Å². The van der Waals surface area contributed by atoms with Crippen molar-refractivity contribution in [1.82, 2.24) is 10.1 Å². The first-order valence-electron chi connectivity index (χ1n) is 10.6. The number of hydrogen-bond acceptors (Lipinski definition) is 5. The number of morpholine rings is 1. The fourth-order valence-electron chi connectivity index (χ4n) is 3.99. The van der Waals surface area contributed by atoms with Crippen LogP contribution < -0.4 is 4.90 Å². The minimum Gasteiger partial charge on any atom is -0.378 e. The number of benzene rings is 2. The average molecular weight is 482 g/mol. The molecule has 3 aromatic rings. The van der Waals surface area contributed by atoms with Crippen molar-refractivity contribution in [3.05, 3.63) is 70.2 Å². The summed E-state index contributed by atoms with van der Waals surface area (Å²) >= 11 is 3.48. The van der Waals surface area contributed by atoms with Gasteiger partial charge < -0.3 is 19.1 Å². The van der Waals surface area contributed by atoms with Gasteiger partial charge in [-0.25, -0.2) is 0 Å². The number of nitrogens with zero attached hydrogens (tertiary/aromatic N) is 3. The normalized spacial score (nSPS) is 16.4. The summed E-state index contributed by atoms with van der Waals surface area (Å²) in [4.78, 5) is 17.6. The molecule has 0 bridgehead atoms. The lowest BCUT2D eigenvalue weighted by Crippen LogP contribution is -2.37. The van der Waals surface area contributed by atoms with Gasteiger partial charge in [0.15, 0.2) is 0 Å². The van der Waals surface area contributed by atoms with Crippen molar-refractivity contribution in [3.8, 4) is 11.3 Å². The molecule has 1 saturated carbocycles. The second kappa shape index (κ2) is 8.85. The van der Waals surface area contributed by atoms with E-state index < -0.39 is 0 Å². The van der Waals surface area contributed by atoms with Crippen LogP contribution in [0.5, 0.6) is 0 Å². The number of carbonyl (C=O) groups excluding carboxylic acids is 1. The summed E-state index contributed by atoms with van der Waals surface area (Å²) in [5, 5.41) is 4.44. The third-order valence-corrected chi connectivity index (χ3v) is 6.25. The number of carbonyl (C=O) groups is 1. The molecule has 5 rings (SSSR count). The Bertz CT molecular complexity index is 1060. The van der Waals surface area contributed by atoms with Gasteiger partial charge in [0.25, 0.3) is 5.91 Å². The molecule has 2 heterocycles. The summed E-state index contributed by atoms with van der Waals surface area (Å²) in [7, 11) is 0. The Kier molecular flexibility index (Phi) is 5.78. The first kappa shape index (κ1) is 20.3. The van der Waals surface area contributed by atoms with Crippen molar-refractivity contribution < 1.29 is 14.1 Å². The minimum absolute atomic E-state index is 0.0388. The standard InChI is InChI=1S/C24H24BrN3O3/c25-19-8-4-7-18(15-19)23(29)28(20-9-10-20)16-21-22(17-5-2-1-3-6-17)26-31-24(21)27-11-13-30-14-12-27/h1-8,15,20H,9-14,16H2. The van der Waals surface area contributed by atoms with E-state index in [1.54, 1.807) is 0 Å². The van der Waals surface area contributed by atoms with Crippen LogP contribution in [0, 0.1) is 0 Å². The van der Waals surface area contributed by atoms with Crippen LogP contribution in [0.4, 0.5) is 5.88 Å². The molecule has 0 radical (unpaired) electrons. The number of rotatable bonds is 6. The van der Waals surface area contributed by atoms with E-state index in [4.69, 9.17) is 9.26 Å². The third kappa shape index (κ3) is 4.38.